The number of H-pyrrole nitrogens is 1. The predicted octanol–water partition coefficient (Wildman–Crippen LogP) is 1.66. The molecule has 0 spiro atoms. The Morgan fingerprint density at radius 2 is 2.39 bits per heavy atom. The number of ether oxygens (including phenoxy) is 1. The van der Waals surface area contributed by atoms with E-state index >= 15 is 0 Å². The average molecular weight is 313 g/mol. The second-order valence-electron chi connectivity index (χ2n) is 5.53. The lowest BCUT2D eigenvalue weighted by molar-refractivity contribution is 0.217. The van der Waals surface area contributed by atoms with Crippen molar-refractivity contribution in [3.05, 3.63) is 24.7 Å². The van der Waals surface area contributed by atoms with Gasteiger partial charge in [-0.2, -0.15) is 15.1 Å². The molecule has 0 saturated carbocycles. The van der Waals surface area contributed by atoms with Gasteiger partial charge in [-0.15, -0.1) is 0 Å². The minimum Gasteiger partial charge on any atom is -0.472 e. The van der Waals surface area contributed by atoms with Gasteiger partial charge in [0.25, 0.3) is 0 Å². The van der Waals surface area contributed by atoms with Crippen LogP contribution < -0.4 is 15.4 Å². The Balaban J connectivity index is 1.63. The molecule has 8 heteroatoms. The van der Waals surface area contributed by atoms with E-state index in [4.69, 9.17) is 4.74 Å². The van der Waals surface area contributed by atoms with Crippen LogP contribution in [0.2, 0.25) is 0 Å². The fourth-order valence-electron chi connectivity index (χ4n) is 2.68. The first-order chi connectivity index (χ1) is 11.3. The van der Waals surface area contributed by atoms with Gasteiger partial charge in [-0.25, -0.2) is 0 Å². The molecule has 8 nitrogen and oxygen atoms in total. The zero-order chi connectivity index (χ0) is 15.6. The highest BCUT2D eigenvalue weighted by Gasteiger charge is 2.19. The van der Waals surface area contributed by atoms with E-state index in [-0.39, 0.29) is 6.10 Å². The van der Waals surface area contributed by atoms with Crippen molar-refractivity contribution in [3.63, 3.8) is 0 Å². The Labute approximate surface area is 133 Å². The second-order valence-corrected chi connectivity index (χ2v) is 5.53. The van der Waals surface area contributed by atoms with Crippen LogP contribution in [0.25, 0.3) is 11.0 Å². The third-order valence-corrected chi connectivity index (χ3v) is 3.89. The number of aryl methyl sites for hydroxylation is 1. The number of hydrogen-bond donors (Lipinski definition) is 3. The van der Waals surface area contributed by atoms with Crippen molar-refractivity contribution in [2.75, 3.05) is 18.4 Å². The largest absolute Gasteiger partial charge is 0.472 e. The summed E-state index contributed by atoms with van der Waals surface area (Å²) in [7, 11) is 0. The Morgan fingerprint density at radius 3 is 3.17 bits per heavy atom. The molecule has 23 heavy (non-hydrogen) atoms. The standard InChI is InChI=1S/C15H19N7O/c1-2-22-9-10(7-18-22)19-15-20-13-12(4-6-17-13)14(21-15)23-11-3-5-16-8-11/h4,6-7,9,11,16H,2-3,5,8H2,1H3,(H2,17,19,20,21)/t11-/m1/s1. The molecule has 3 aromatic heterocycles. The van der Waals surface area contributed by atoms with Crippen LogP contribution >= 0.6 is 0 Å². The lowest BCUT2D eigenvalue weighted by atomic mass is 10.3. The topological polar surface area (TPSA) is 92.7 Å². The van der Waals surface area contributed by atoms with Gasteiger partial charge in [0.2, 0.25) is 11.8 Å². The van der Waals surface area contributed by atoms with Crippen LogP contribution in [0.15, 0.2) is 24.7 Å². The molecule has 4 rings (SSSR count). The number of aromatic nitrogens is 5. The molecule has 3 aromatic rings. The molecular weight excluding hydrogens is 294 g/mol. The van der Waals surface area contributed by atoms with Gasteiger partial charge in [-0.3, -0.25) is 4.68 Å². The number of hydrogen-bond acceptors (Lipinski definition) is 6. The summed E-state index contributed by atoms with van der Waals surface area (Å²) in [6, 6.07) is 1.94. The Kier molecular flexibility index (Phi) is 3.58. The Bertz CT molecular complexity index is 803. The summed E-state index contributed by atoms with van der Waals surface area (Å²) in [4.78, 5) is 12.1. The molecule has 120 valence electrons. The van der Waals surface area contributed by atoms with Crippen molar-refractivity contribution in [1.29, 1.82) is 0 Å². The lowest BCUT2D eigenvalue weighted by Crippen LogP contribution is -2.20. The molecule has 0 amide bonds. The highest BCUT2D eigenvalue weighted by atomic mass is 16.5. The van der Waals surface area contributed by atoms with Gasteiger partial charge in [0.05, 0.1) is 17.3 Å². The summed E-state index contributed by atoms with van der Waals surface area (Å²) in [5.41, 5.74) is 1.61. The van der Waals surface area contributed by atoms with Crippen LogP contribution in [0.4, 0.5) is 11.6 Å². The third-order valence-electron chi connectivity index (χ3n) is 3.89. The molecule has 0 unspecified atom stereocenters. The fraction of sp³-hybridized carbons (Fsp3) is 0.400. The smallest absolute Gasteiger partial charge is 0.232 e. The van der Waals surface area contributed by atoms with Crippen LogP contribution in [-0.4, -0.2) is 43.9 Å². The second kappa shape index (κ2) is 5.88. The zero-order valence-electron chi connectivity index (χ0n) is 12.9. The number of rotatable bonds is 5. The van der Waals surface area contributed by atoms with E-state index in [1.165, 1.54) is 0 Å². The molecule has 1 aliphatic rings. The number of nitrogens with zero attached hydrogens (tertiary/aromatic N) is 4. The highest BCUT2D eigenvalue weighted by Crippen LogP contribution is 2.26. The molecule has 0 bridgehead atoms. The number of aromatic amines is 1. The minimum absolute atomic E-state index is 0.152. The minimum atomic E-state index is 0.152. The van der Waals surface area contributed by atoms with Gasteiger partial charge < -0.3 is 20.4 Å². The summed E-state index contributed by atoms with van der Waals surface area (Å²) >= 11 is 0. The molecule has 3 N–H and O–H groups in total. The van der Waals surface area contributed by atoms with Crippen molar-refractivity contribution in [3.8, 4) is 5.88 Å². The SMILES string of the molecule is CCn1cc(Nc2nc(O[C@@H]3CCNC3)c3cc[nH]c3n2)cn1. The molecule has 0 radical (unpaired) electrons. The molecule has 1 fully saturated rings. The van der Waals surface area contributed by atoms with Gasteiger partial charge in [-0.1, -0.05) is 0 Å². The van der Waals surface area contributed by atoms with Crippen LogP contribution in [0.5, 0.6) is 5.88 Å². The van der Waals surface area contributed by atoms with Gasteiger partial charge in [0.15, 0.2) is 0 Å². The quantitative estimate of drug-likeness (QED) is 0.663. The molecule has 1 aliphatic heterocycles. The first-order valence-electron chi connectivity index (χ1n) is 7.84. The summed E-state index contributed by atoms with van der Waals surface area (Å²) in [5.74, 6) is 1.10. The number of nitrogens with one attached hydrogen (secondary N) is 3. The van der Waals surface area contributed by atoms with E-state index in [9.17, 15) is 0 Å². The van der Waals surface area contributed by atoms with Gasteiger partial charge in [0.1, 0.15) is 11.8 Å². The summed E-state index contributed by atoms with van der Waals surface area (Å²) in [5, 5.41) is 11.6. The first-order valence-corrected chi connectivity index (χ1v) is 7.84. The Hall–Kier alpha value is -2.61. The third kappa shape index (κ3) is 2.85. The molecule has 1 saturated heterocycles. The fourth-order valence-corrected chi connectivity index (χ4v) is 2.68. The van der Waals surface area contributed by atoms with Crippen LogP contribution in [0.1, 0.15) is 13.3 Å². The maximum absolute atomic E-state index is 6.06. The van der Waals surface area contributed by atoms with E-state index in [1.54, 1.807) is 6.20 Å². The zero-order valence-corrected chi connectivity index (χ0v) is 12.9. The van der Waals surface area contributed by atoms with Crippen LogP contribution in [0.3, 0.4) is 0 Å². The molecule has 1 atom stereocenters. The van der Waals surface area contributed by atoms with E-state index in [1.807, 2.05) is 30.1 Å². The average Bonchev–Trinajstić information content (AvgIpc) is 3.27. The van der Waals surface area contributed by atoms with Crippen molar-refractivity contribution in [2.24, 2.45) is 0 Å². The van der Waals surface area contributed by atoms with Gasteiger partial charge >= 0.3 is 0 Å². The summed E-state index contributed by atoms with van der Waals surface area (Å²) < 4.78 is 7.90. The van der Waals surface area contributed by atoms with Crippen LogP contribution in [-0.2, 0) is 6.54 Å². The number of fused-ring (bicyclic) bond motifs is 1. The van der Waals surface area contributed by atoms with Crippen molar-refractivity contribution >= 4 is 22.7 Å². The number of anilines is 2. The van der Waals surface area contributed by atoms with Gasteiger partial charge in [0, 0.05) is 25.5 Å². The predicted molar refractivity (Wildman–Crippen MR) is 87.0 cm³/mol. The maximum atomic E-state index is 6.06. The van der Waals surface area contributed by atoms with E-state index in [2.05, 4.69) is 30.7 Å². The van der Waals surface area contributed by atoms with E-state index < -0.39 is 0 Å². The maximum Gasteiger partial charge on any atom is 0.232 e. The first kappa shape index (κ1) is 14.0. The monoisotopic (exact) mass is 313 g/mol. The molecule has 0 aliphatic carbocycles. The normalized spacial score (nSPS) is 17.7. The van der Waals surface area contributed by atoms with Crippen molar-refractivity contribution in [2.45, 2.75) is 26.0 Å². The Morgan fingerprint density at radius 1 is 1.43 bits per heavy atom. The molecule has 4 heterocycles. The summed E-state index contributed by atoms with van der Waals surface area (Å²) in [6.45, 7) is 4.69. The van der Waals surface area contributed by atoms with Crippen LogP contribution in [0, 0.1) is 0 Å². The van der Waals surface area contributed by atoms with Crippen molar-refractivity contribution in [1.82, 2.24) is 30.0 Å². The summed E-state index contributed by atoms with van der Waals surface area (Å²) in [6.07, 6.45) is 6.66. The van der Waals surface area contributed by atoms with E-state index in [0.717, 1.165) is 42.8 Å². The highest BCUT2D eigenvalue weighted by molar-refractivity contribution is 5.82. The molecule has 0 aromatic carbocycles. The molecular formula is C15H19N7O. The van der Waals surface area contributed by atoms with E-state index in [0.29, 0.717) is 11.8 Å². The lowest BCUT2D eigenvalue weighted by Gasteiger charge is -2.13. The van der Waals surface area contributed by atoms with Gasteiger partial charge in [-0.05, 0) is 26.0 Å². The van der Waals surface area contributed by atoms with Crippen molar-refractivity contribution < 1.29 is 4.74 Å².